The van der Waals surface area contributed by atoms with Gasteiger partial charge in [-0.25, -0.2) is 13.1 Å². The van der Waals surface area contributed by atoms with Crippen molar-refractivity contribution in [3.63, 3.8) is 0 Å². The van der Waals surface area contributed by atoms with Gasteiger partial charge in [-0.15, -0.1) is 0 Å². The van der Waals surface area contributed by atoms with Crippen molar-refractivity contribution in [2.45, 2.75) is 36.6 Å². The topological polar surface area (TPSA) is 84.2 Å². The van der Waals surface area contributed by atoms with Crippen LogP contribution >= 0.6 is 0 Å². The maximum absolute atomic E-state index is 12.3. The van der Waals surface area contributed by atoms with E-state index in [4.69, 9.17) is 5.84 Å². The summed E-state index contributed by atoms with van der Waals surface area (Å²) in [5, 5.41) is 0. The molecule has 0 aliphatic heterocycles. The normalized spacial score (nSPS) is 19.7. The van der Waals surface area contributed by atoms with Crippen LogP contribution in [0.4, 0.5) is 5.69 Å². The summed E-state index contributed by atoms with van der Waals surface area (Å²) < 4.78 is 27.6. The lowest BCUT2D eigenvalue weighted by atomic mass is 10.1. The van der Waals surface area contributed by atoms with Gasteiger partial charge < -0.3 is 5.43 Å². The minimum atomic E-state index is -3.41. The van der Waals surface area contributed by atoms with E-state index < -0.39 is 10.0 Å². The Hall–Kier alpha value is -1.11. The molecule has 1 aromatic rings. The Kier molecular flexibility index (Phi) is 3.24. The standard InChI is InChI=1S/C13H19N3O2S/c14-15-11-5-7-12(8-6-11)19(17,18)16-13(9-1-2-9)10-3-4-10/h5-10,13,15-16H,1-4,14H2. The first kappa shape index (κ1) is 12.9. The number of hydrogen-bond acceptors (Lipinski definition) is 4. The number of hydrogen-bond donors (Lipinski definition) is 3. The van der Waals surface area contributed by atoms with Crippen molar-refractivity contribution >= 4 is 15.7 Å². The Balaban J connectivity index is 1.76. The molecule has 0 heterocycles. The van der Waals surface area contributed by atoms with Crippen molar-refractivity contribution < 1.29 is 8.42 Å². The molecule has 2 aliphatic carbocycles. The molecule has 19 heavy (non-hydrogen) atoms. The summed E-state index contributed by atoms with van der Waals surface area (Å²) in [7, 11) is -3.41. The van der Waals surface area contributed by atoms with E-state index in [1.165, 1.54) is 0 Å². The minimum Gasteiger partial charge on any atom is -0.324 e. The van der Waals surface area contributed by atoms with E-state index in [0.717, 1.165) is 25.7 Å². The quantitative estimate of drug-likeness (QED) is 0.544. The van der Waals surface area contributed by atoms with Crippen LogP contribution in [0.5, 0.6) is 0 Å². The van der Waals surface area contributed by atoms with Crippen LogP contribution in [0.3, 0.4) is 0 Å². The van der Waals surface area contributed by atoms with E-state index in [9.17, 15) is 8.42 Å². The molecule has 0 saturated heterocycles. The second-order valence-corrected chi connectivity index (χ2v) is 7.20. The zero-order chi connectivity index (χ0) is 13.5. The second kappa shape index (κ2) is 4.77. The Morgan fingerprint density at radius 2 is 1.58 bits per heavy atom. The molecule has 1 aromatic carbocycles. The predicted octanol–water partition coefficient (Wildman–Crippen LogP) is 1.44. The largest absolute Gasteiger partial charge is 0.324 e. The third kappa shape index (κ3) is 2.91. The molecule has 2 aliphatic rings. The first-order valence-electron chi connectivity index (χ1n) is 6.69. The highest BCUT2D eigenvalue weighted by Crippen LogP contribution is 2.45. The molecule has 5 nitrogen and oxygen atoms in total. The fourth-order valence-electron chi connectivity index (χ4n) is 2.47. The number of nitrogens with one attached hydrogen (secondary N) is 2. The predicted molar refractivity (Wildman–Crippen MR) is 73.8 cm³/mol. The van der Waals surface area contributed by atoms with E-state index in [1.54, 1.807) is 24.3 Å². The Morgan fingerprint density at radius 1 is 1.05 bits per heavy atom. The van der Waals surface area contributed by atoms with E-state index in [2.05, 4.69) is 10.1 Å². The van der Waals surface area contributed by atoms with Gasteiger partial charge >= 0.3 is 0 Å². The third-order valence-electron chi connectivity index (χ3n) is 3.88. The van der Waals surface area contributed by atoms with Crippen molar-refractivity contribution in [3.8, 4) is 0 Å². The van der Waals surface area contributed by atoms with Gasteiger partial charge in [-0.1, -0.05) is 0 Å². The lowest BCUT2D eigenvalue weighted by Crippen LogP contribution is -2.38. The number of anilines is 1. The zero-order valence-electron chi connectivity index (χ0n) is 10.7. The lowest BCUT2D eigenvalue weighted by molar-refractivity contribution is 0.471. The molecule has 6 heteroatoms. The average molecular weight is 281 g/mol. The Morgan fingerprint density at radius 3 is 2.00 bits per heavy atom. The molecule has 0 bridgehead atoms. The maximum Gasteiger partial charge on any atom is 0.240 e. The Bertz CT molecular complexity index is 536. The monoisotopic (exact) mass is 281 g/mol. The summed E-state index contributed by atoms with van der Waals surface area (Å²) >= 11 is 0. The van der Waals surface area contributed by atoms with Crippen LogP contribution in [0, 0.1) is 11.8 Å². The molecule has 2 saturated carbocycles. The number of nitrogens with two attached hydrogens (primary N) is 1. The van der Waals surface area contributed by atoms with Crippen LogP contribution in [-0.2, 0) is 10.0 Å². The maximum atomic E-state index is 12.3. The van der Waals surface area contributed by atoms with Gasteiger partial charge in [-0.3, -0.25) is 5.84 Å². The van der Waals surface area contributed by atoms with Crippen LogP contribution < -0.4 is 16.0 Å². The molecule has 3 rings (SSSR count). The molecule has 2 fully saturated rings. The molecule has 104 valence electrons. The van der Waals surface area contributed by atoms with Gasteiger partial charge in [0, 0.05) is 11.7 Å². The van der Waals surface area contributed by atoms with E-state index in [1.807, 2.05) is 0 Å². The van der Waals surface area contributed by atoms with Gasteiger partial charge in [-0.05, 0) is 61.8 Å². The van der Waals surface area contributed by atoms with Crippen LogP contribution in [0.25, 0.3) is 0 Å². The summed E-state index contributed by atoms with van der Waals surface area (Å²) in [4.78, 5) is 0.304. The van der Waals surface area contributed by atoms with Crippen molar-refractivity contribution in [3.05, 3.63) is 24.3 Å². The molecular weight excluding hydrogens is 262 g/mol. The summed E-state index contributed by atoms with van der Waals surface area (Å²) in [5.74, 6) is 6.37. The molecule has 0 spiro atoms. The summed E-state index contributed by atoms with van der Waals surface area (Å²) in [6.07, 6.45) is 4.61. The van der Waals surface area contributed by atoms with Gasteiger partial charge in [-0.2, -0.15) is 0 Å². The molecule has 0 unspecified atom stereocenters. The first-order valence-corrected chi connectivity index (χ1v) is 8.17. The smallest absolute Gasteiger partial charge is 0.240 e. The summed E-state index contributed by atoms with van der Waals surface area (Å²) in [6.45, 7) is 0. The number of hydrazine groups is 1. The van der Waals surface area contributed by atoms with Crippen molar-refractivity contribution in [1.82, 2.24) is 4.72 Å². The van der Waals surface area contributed by atoms with E-state index in [-0.39, 0.29) is 6.04 Å². The van der Waals surface area contributed by atoms with Crippen LogP contribution in [0.2, 0.25) is 0 Å². The second-order valence-electron chi connectivity index (χ2n) is 5.49. The van der Waals surface area contributed by atoms with Gasteiger partial charge in [0.15, 0.2) is 0 Å². The van der Waals surface area contributed by atoms with Crippen LogP contribution in [0.15, 0.2) is 29.2 Å². The van der Waals surface area contributed by atoms with Gasteiger partial charge in [0.05, 0.1) is 4.90 Å². The molecule has 0 amide bonds. The summed E-state index contributed by atoms with van der Waals surface area (Å²) in [6, 6.07) is 6.62. The third-order valence-corrected chi connectivity index (χ3v) is 5.36. The van der Waals surface area contributed by atoms with Crippen LogP contribution in [0.1, 0.15) is 25.7 Å². The molecule has 4 N–H and O–H groups in total. The molecule has 0 aromatic heterocycles. The lowest BCUT2D eigenvalue weighted by Gasteiger charge is -2.17. The van der Waals surface area contributed by atoms with Gasteiger partial charge in [0.25, 0.3) is 0 Å². The molecule has 0 radical (unpaired) electrons. The number of rotatable bonds is 6. The zero-order valence-corrected chi connectivity index (χ0v) is 11.5. The van der Waals surface area contributed by atoms with E-state index >= 15 is 0 Å². The van der Waals surface area contributed by atoms with Gasteiger partial charge in [0.1, 0.15) is 0 Å². The highest BCUT2D eigenvalue weighted by atomic mass is 32.2. The van der Waals surface area contributed by atoms with Crippen LogP contribution in [-0.4, -0.2) is 14.5 Å². The molecular formula is C13H19N3O2S. The van der Waals surface area contributed by atoms with Gasteiger partial charge in [0.2, 0.25) is 10.0 Å². The Labute approximate surface area is 113 Å². The highest BCUT2D eigenvalue weighted by molar-refractivity contribution is 7.89. The fourth-order valence-corrected chi connectivity index (χ4v) is 3.84. The number of sulfonamides is 1. The average Bonchev–Trinajstić information content (AvgIpc) is 3.29. The van der Waals surface area contributed by atoms with E-state index in [0.29, 0.717) is 22.4 Å². The van der Waals surface area contributed by atoms with Crippen molar-refractivity contribution in [1.29, 1.82) is 0 Å². The van der Waals surface area contributed by atoms with Crippen molar-refractivity contribution in [2.24, 2.45) is 17.7 Å². The summed E-state index contributed by atoms with van der Waals surface area (Å²) in [5.41, 5.74) is 3.18. The molecule has 0 atom stereocenters. The SMILES string of the molecule is NNc1ccc(S(=O)(=O)NC(C2CC2)C2CC2)cc1. The highest BCUT2D eigenvalue weighted by Gasteiger charge is 2.43. The first-order chi connectivity index (χ1) is 9.10. The number of benzene rings is 1. The number of nitrogen functional groups attached to an aromatic ring is 1. The minimum absolute atomic E-state index is 0.136. The fraction of sp³-hybridized carbons (Fsp3) is 0.538. The van der Waals surface area contributed by atoms with Crippen molar-refractivity contribution in [2.75, 3.05) is 5.43 Å².